The maximum Gasteiger partial charge on any atom is 0.418 e. The van der Waals surface area contributed by atoms with Crippen molar-refractivity contribution in [3.8, 4) is 11.5 Å². The van der Waals surface area contributed by atoms with Crippen molar-refractivity contribution in [1.82, 2.24) is 4.90 Å². The molecule has 2 aromatic carbocycles. The third-order valence-corrected chi connectivity index (χ3v) is 4.23. The highest BCUT2D eigenvalue weighted by atomic mass is 19.4. The second-order valence-corrected chi connectivity index (χ2v) is 6.61. The standard InChI is InChI=1S/C22H25F3N2O4/c1-3-13-30-16-9-11-17(12-10-16)31-15-21(29)27(4-2)14-20(28)26-19-8-6-5-7-18(19)22(23,24)25/h5-12H,3-4,13-15H2,1-2H3,(H,26,28). The second-order valence-electron chi connectivity index (χ2n) is 6.61. The van der Waals surface area contributed by atoms with Gasteiger partial charge in [-0.2, -0.15) is 13.2 Å². The van der Waals surface area contributed by atoms with Crippen molar-refractivity contribution in [2.24, 2.45) is 0 Å². The number of nitrogens with one attached hydrogen (secondary N) is 1. The summed E-state index contributed by atoms with van der Waals surface area (Å²) in [6.07, 6.45) is -3.72. The molecule has 0 aliphatic rings. The average molecular weight is 438 g/mol. The fraction of sp³-hybridized carbons (Fsp3) is 0.364. The summed E-state index contributed by atoms with van der Waals surface area (Å²) in [6.45, 7) is 3.75. The Labute approximate surface area is 178 Å². The smallest absolute Gasteiger partial charge is 0.418 e. The minimum Gasteiger partial charge on any atom is -0.494 e. The van der Waals surface area contributed by atoms with Gasteiger partial charge in [0.1, 0.15) is 11.5 Å². The second kappa shape index (κ2) is 11.2. The summed E-state index contributed by atoms with van der Waals surface area (Å²) < 4.78 is 50.1. The first-order chi connectivity index (χ1) is 14.7. The molecule has 0 heterocycles. The highest BCUT2D eigenvalue weighted by molar-refractivity contribution is 5.95. The molecule has 0 fully saturated rings. The Bertz CT molecular complexity index is 870. The molecule has 0 radical (unpaired) electrons. The van der Waals surface area contributed by atoms with Crippen LogP contribution in [0.3, 0.4) is 0 Å². The van der Waals surface area contributed by atoms with E-state index in [2.05, 4.69) is 5.32 Å². The molecule has 2 rings (SSSR count). The molecule has 0 aromatic heterocycles. The lowest BCUT2D eigenvalue weighted by atomic mass is 10.1. The number of benzene rings is 2. The molecule has 0 unspecified atom stereocenters. The summed E-state index contributed by atoms with van der Waals surface area (Å²) in [5.41, 5.74) is -1.31. The van der Waals surface area contributed by atoms with Gasteiger partial charge in [-0.15, -0.1) is 0 Å². The van der Waals surface area contributed by atoms with Crippen LogP contribution in [0.2, 0.25) is 0 Å². The number of para-hydroxylation sites is 1. The van der Waals surface area contributed by atoms with Crippen molar-refractivity contribution >= 4 is 17.5 Å². The molecule has 1 N–H and O–H groups in total. The lowest BCUT2D eigenvalue weighted by Gasteiger charge is -2.21. The van der Waals surface area contributed by atoms with Crippen LogP contribution in [-0.2, 0) is 15.8 Å². The monoisotopic (exact) mass is 438 g/mol. The zero-order valence-electron chi connectivity index (χ0n) is 17.4. The van der Waals surface area contributed by atoms with E-state index in [0.29, 0.717) is 18.1 Å². The van der Waals surface area contributed by atoms with Crippen LogP contribution in [0.4, 0.5) is 18.9 Å². The molecular formula is C22H25F3N2O4. The molecular weight excluding hydrogens is 413 g/mol. The van der Waals surface area contributed by atoms with Crippen LogP contribution in [0.15, 0.2) is 48.5 Å². The van der Waals surface area contributed by atoms with Crippen molar-refractivity contribution in [1.29, 1.82) is 0 Å². The van der Waals surface area contributed by atoms with Crippen LogP contribution >= 0.6 is 0 Å². The van der Waals surface area contributed by atoms with Gasteiger partial charge >= 0.3 is 6.18 Å². The number of amides is 2. The Hall–Kier alpha value is -3.23. The Morgan fingerprint density at radius 3 is 2.16 bits per heavy atom. The van der Waals surface area contributed by atoms with Crippen LogP contribution in [0, 0.1) is 0 Å². The van der Waals surface area contributed by atoms with E-state index in [1.165, 1.54) is 17.0 Å². The van der Waals surface area contributed by atoms with Crippen molar-refractivity contribution in [2.45, 2.75) is 26.4 Å². The topological polar surface area (TPSA) is 67.9 Å². The van der Waals surface area contributed by atoms with Gasteiger partial charge in [-0.25, -0.2) is 0 Å². The van der Waals surface area contributed by atoms with E-state index in [4.69, 9.17) is 9.47 Å². The highest BCUT2D eigenvalue weighted by Gasteiger charge is 2.33. The fourth-order valence-corrected chi connectivity index (χ4v) is 2.67. The van der Waals surface area contributed by atoms with Gasteiger partial charge in [-0.05, 0) is 49.7 Å². The van der Waals surface area contributed by atoms with E-state index in [1.807, 2.05) is 6.92 Å². The van der Waals surface area contributed by atoms with Crippen LogP contribution in [0.5, 0.6) is 11.5 Å². The average Bonchev–Trinajstić information content (AvgIpc) is 2.74. The highest BCUT2D eigenvalue weighted by Crippen LogP contribution is 2.34. The maximum atomic E-state index is 13.1. The first kappa shape index (κ1) is 24.0. The van der Waals surface area contributed by atoms with Crippen molar-refractivity contribution in [3.05, 3.63) is 54.1 Å². The zero-order chi connectivity index (χ0) is 22.9. The Morgan fingerprint density at radius 1 is 0.968 bits per heavy atom. The summed E-state index contributed by atoms with van der Waals surface area (Å²) in [6, 6.07) is 11.4. The minimum absolute atomic E-state index is 0.195. The normalized spacial score (nSPS) is 11.0. The maximum absolute atomic E-state index is 13.1. The summed E-state index contributed by atoms with van der Waals surface area (Å²) in [5.74, 6) is -0.0549. The molecule has 0 atom stereocenters. The number of rotatable bonds is 10. The van der Waals surface area contributed by atoms with Crippen molar-refractivity contribution in [2.75, 3.05) is 31.6 Å². The van der Waals surface area contributed by atoms with Crippen LogP contribution in [0.1, 0.15) is 25.8 Å². The summed E-state index contributed by atoms with van der Waals surface area (Å²) in [7, 11) is 0. The van der Waals surface area contributed by atoms with E-state index in [0.717, 1.165) is 18.6 Å². The SMILES string of the molecule is CCCOc1ccc(OCC(=O)N(CC)CC(=O)Nc2ccccc2C(F)(F)F)cc1. The first-order valence-corrected chi connectivity index (χ1v) is 9.84. The number of halogens is 3. The molecule has 168 valence electrons. The summed E-state index contributed by atoms with van der Waals surface area (Å²) in [4.78, 5) is 25.8. The van der Waals surface area contributed by atoms with E-state index < -0.39 is 30.1 Å². The number of hydrogen-bond donors (Lipinski definition) is 1. The van der Waals surface area contributed by atoms with Gasteiger partial charge in [-0.1, -0.05) is 19.1 Å². The minimum atomic E-state index is -4.60. The molecule has 6 nitrogen and oxygen atoms in total. The Morgan fingerprint density at radius 2 is 1.58 bits per heavy atom. The molecule has 0 spiro atoms. The van der Waals surface area contributed by atoms with Gasteiger partial charge < -0.3 is 19.7 Å². The van der Waals surface area contributed by atoms with Crippen molar-refractivity contribution in [3.63, 3.8) is 0 Å². The molecule has 0 aliphatic carbocycles. The summed E-state index contributed by atoms with van der Waals surface area (Å²) in [5, 5.41) is 2.23. The van der Waals surface area contributed by atoms with E-state index in [9.17, 15) is 22.8 Å². The molecule has 0 saturated carbocycles. The number of alkyl halides is 3. The predicted molar refractivity (Wildman–Crippen MR) is 110 cm³/mol. The van der Waals surface area contributed by atoms with Gasteiger partial charge in [-0.3, -0.25) is 9.59 Å². The Balaban J connectivity index is 1.91. The van der Waals surface area contributed by atoms with Crippen LogP contribution in [-0.4, -0.2) is 43.0 Å². The molecule has 0 saturated heterocycles. The van der Waals surface area contributed by atoms with Gasteiger partial charge in [0.25, 0.3) is 5.91 Å². The molecule has 0 bridgehead atoms. The lowest BCUT2D eigenvalue weighted by molar-refractivity contribution is -0.137. The molecule has 0 aliphatic heterocycles. The largest absolute Gasteiger partial charge is 0.494 e. The number of carbonyl (C=O) groups excluding carboxylic acids is 2. The van der Waals surface area contributed by atoms with Gasteiger partial charge in [0.15, 0.2) is 6.61 Å². The third kappa shape index (κ3) is 7.51. The molecule has 2 aromatic rings. The number of likely N-dealkylation sites (N-methyl/N-ethyl adjacent to an activating group) is 1. The number of carbonyl (C=O) groups is 2. The quantitative estimate of drug-likeness (QED) is 0.599. The van der Waals surface area contributed by atoms with E-state index >= 15 is 0 Å². The Kier molecular flexibility index (Phi) is 8.72. The summed E-state index contributed by atoms with van der Waals surface area (Å²) >= 11 is 0. The van der Waals surface area contributed by atoms with Crippen molar-refractivity contribution < 1.29 is 32.2 Å². The lowest BCUT2D eigenvalue weighted by Crippen LogP contribution is -2.40. The number of nitrogens with zero attached hydrogens (tertiary/aromatic N) is 1. The molecule has 9 heteroatoms. The molecule has 2 amide bonds. The predicted octanol–water partition coefficient (Wildman–Crippen LogP) is 4.36. The first-order valence-electron chi connectivity index (χ1n) is 9.84. The van der Waals surface area contributed by atoms with E-state index in [1.54, 1.807) is 31.2 Å². The van der Waals surface area contributed by atoms with Crippen LogP contribution < -0.4 is 14.8 Å². The van der Waals surface area contributed by atoms with Gasteiger partial charge in [0.05, 0.1) is 24.4 Å². The molecule has 31 heavy (non-hydrogen) atoms. The number of hydrogen-bond acceptors (Lipinski definition) is 4. The van der Waals surface area contributed by atoms with E-state index in [-0.39, 0.29) is 18.8 Å². The number of anilines is 1. The van der Waals surface area contributed by atoms with Crippen LogP contribution in [0.25, 0.3) is 0 Å². The third-order valence-electron chi connectivity index (χ3n) is 4.23. The fourth-order valence-electron chi connectivity index (χ4n) is 2.67. The van der Waals surface area contributed by atoms with Gasteiger partial charge in [0.2, 0.25) is 5.91 Å². The number of ether oxygens (including phenoxy) is 2. The van der Waals surface area contributed by atoms with Gasteiger partial charge in [0, 0.05) is 6.54 Å². The zero-order valence-corrected chi connectivity index (χ0v) is 17.4.